The minimum atomic E-state index is -3.17. The minimum absolute atomic E-state index is 0.0915. The molecule has 0 aromatic carbocycles. The van der Waals surface area contributed by atoms with Crippen molar-refractivity contribution in [1.29, 1.82) is 0 Å². The molecule has 4 nitrogen and oxygen atoms in total. The van der Waals surface area contributed by atoms with Crippen LogP contribution in [0.5, 0.6) is 0 Å². The van der Waals surface area contributed by atoms with E-state index in [1.165, 1.54) is 19.3 Å². The van der Waals surface area contributed by atoms with E-state index in [0.717, 1.165) is 25.9 Å². The average molecular weight is 314 g/mol. The molecule has 3 atom stereocenters. The maximum absolute atomic E-state index is 12.6. The molecule has 3 aliphatic rings. The second kappa shape index (κ2) is 5.20. The van der Waals surface area contributed by atoms with E-state index in [1.807, 2.05) is 0 Å². The maximum Gasteiger partial charge on any atom is 0.212 e. The molecule has 3 rings (SSSR count). The van der Waals surface area contributed by atoms with Gasteiger partial charge in [-0.25, -0.2) is 13.1 Å². The van der Waals surface area contributed by atoms with Crippen LogP contribution in [-0.2, 0) is 10.0 Å². The molecule has 5 heteroatoms. The number of piperidine rings is 1. The van der Waals surface area contributed by atoms with Crippen LogP contribution >= 0.6 is 0 Å². The predicted molar refractivity (Wildman–Crippen MR) is 85.5 cm³/mol. The standard InChI is InChI=1S/C16H30N2O2S/c1-15(2)13-4-7-16(3,10-13)14(15)18-21(19,20)11-12-5-8-17-9-6-12/h12-14,17-18H,4-11H2,1-3H3. The van der Waals surface area contributed by atoms with Crippen LogP contribution < -0.4 is 10.0 Å². The molecule has 0 aromatic rings. The number of hydrogen-bond acceptors (Lipinski definition) is 3. The van der Waals surface area contributed by atoms with Gasteiger partial charge in [0.2, 0.25) is 10.0 Å². The molecule has 3 unspecified atom stereocenters. The van der Waals surface area contributed by atoms with Gasteiger partial charge in [0.25, 0.3) is 0 Å². The topological polar surface area (TPSA) is 58.2 Å². The van der Waals surface area contributed by atoms with E-state index >= 15 is 0 Å². The zero-order valence-corrected chi connectivity index (χ0v) is 14.4. The van der Waals surface area contributed by atoms with E-state index < -0.39 is 10.0 Å². The molecular weight excluding hydrogens is 284 g/mol. The number of fused-ring (bicyclic) bond motifs is 2. The molecule has 0 aromatic heterocycles. The van der Waals surface area contributed by atoms with Crippen LogP contribution in [0, 0.1) is 22.7 Å². The fraction of sp³-hybridized carbons (Fsp3) is 1.00. The highest BCUT2D eigenvalue weighted by Gasteiger charge is 2.60. The van der Waals surface area contributed by atoms with Gasteiger partial charge in [0.1, 0.15) is 0 Å². The molecule has 2 aliphatic carbocycles. The van der Waals surface area contributed by atoms with E-state index in [-0.39, 0.29) is 16.9 Å². The number of rotatable bonds is 4. The number of sulfonamides is 1. The maximum atomic E-state index is 12.6. The van der Waals surface area contributed by atoms with Gasteiger partial charge in [0.15, 0.2) is 0 Å². The van der Waals surface area contributed by atoms with Crippen LogP contribution in [-0.4, -0.2) is 33.3 Å². The molecule has 2 bridgehead atoms. The summed E-state index contributed by atoms with van der Waals surface area (Å²) in [5.41, 5.74) is 0.254. The van der Waals surface area contributed by atoms with Gasteiger partial charge >= 0.3 is 0 Å². The van der Waals surface area contributed by atoms with Crippen molar-refractivity contribution < 1.29 is 8.42 Å². The van der Waals surface area contributed by atoms with Gasteiger partial charge in [0.05, 0.1) is 5.75 Å². The molecule has 1 aliphatic heterocycles. The summed E-state index contributed by atoms with van der Waals surface area (Å²) in [6, 6.07) is 0.107. The van der Waals surface area contributed by atoms with Gasteiger partial charge in [-0.2, -0.15) is 0 Å². The molecule has 122 valence electrons. The number of nitrogens with one attached hydrogen (secondary N) is 2. The van der Waals surface area contributed by atoms with Gasteiger partial charge in [-0.1, -0.05) is 20.8 Å². The molecule has 1 saturated heterocycles. The molecule has 0 spiro atoms. The van der Waals surface area contributed by atoms with Crippen molar-refractivity contribution >= 4 is 10.0 Å². The largest absolute Gasteiger partial charge is 0.317 e. The fourth-order valence-electron chi connectivity index (χ4n) is 5.18. The summed E-state index contributed by atoms with van der Waals surface area (Å²) in [7, 11) is -3.17. The third kappa shape index (κ3) is 2.89. The lowest BCUT2D eigenvalue weighted by Crippen LogP contribution is -2.53. The monoisotopic (exact) mass is 314 g/mol. The third-order valence-corrected chi connectivity index (χ3v) is 7.99. The second-order valence-corrected chi connectivity index (χ2v) is 10.2. The first-order valence-electron chi connectivity index (χ1n) is 8.44. The molecule has 0 radical (unpaired) electrons. The Hall–Kier alpha value is -0.130. The second-order valence-electron chi connectivity index (χ2n) is 8.44. The highest BCUT2D eigenvalue weighted by Crippen LogP contribution is 2.62. The highest BCUT2D eigenvalue weighted by molar-refractivity contribution is 7.89. The summed E-state index contributed by atoms with van der Waals surface area (Å²) in [5, 5.41) is 3.30. The Balaban J connectivity index is 1.70. The summed E-state index contributed by atoms with van der Waals surface area (Å²) >= 11 is 0. The molecule has 1 heterocycles. The summed E-state index contributed by atoms with van der Waals surface area (Å²) in [6.45, 7) is 8.68. The predicted octanol–water partition coefficient (Wildman–Crippen LogP) is 2.12. The van der Waals surface area contributed by atoms with Crippen LogP contribution in [0.1, 0.15) is 52.9 Å². The summed E-state index contributed by atoms with van der Waals surface area (Å²) in [4.78, 5) is 0. The van der Waals surface area contributed by atoms with Gasteiger partial charge < -0.3 is 5.32 Å². The molecule has 0 amide bonds. The zero-order chi connectivity index (χ0) is 15.3. The van der Waals surface area contributed by atoms with Crippen molar-refractivity contribution in [1.82, 2.24) is 10.0 Å². The Morgan fingerprint density at radius 1 is 1.14 bits per heavy atom. The Morgan fingerprint density at radius 2 is 1.81 bits per heavy atom. The zero-order valence-electron chi connectivity index (χ0n) is 13.6. The van der Waals surface area contributed by atoms with Gasteiger partial charge in [-0.15, -0.1) is 0 Å². The summed E-state index contributed by atoms with van der Waals surface area (Å²) < 4.78 is 28.4. The van der Waals surface area contributed by atoms with Gasteiger partial charge in [0, 0.05) is 6.04 Å². The smallest absolute Gasteiger partial charge is 0.212 e. The molecule has 2 saturated carbocycles. The van der Waals surface area contributed by atoms with Crippen LogP contribution in [0.15, 0.2) is 0 Å². The highest BCUT2D eigenvalue weighted by atomic mass is 32.2. The van der Waals surface area contributed by atoms with Crippen LogP contribution in [0.2, 0.25) is 0 Å². The molecule has 2 N–H and O–H groups in total. The minimum Gasteiger partial charge on any atom is -0.317 e. The lowest BCUT2D eigenvalue weighted by molar-refractivity contribution is 0.127. The lowest BCUT2D eigenvalue weighted by Gasteiger charge is -2.43. The first-order chi connectivity index (χ1) is 9.73. The first kappa shape index (κ1) is 15.8. The summed E-state index contributed by atoms with van der Waals surface area (Å²) in [5.74, 6) is 1.30. The van der Waals surface area contributed by atoms with Crippen LogP contribution in [0.4, 0.5) is 0 Å². The molecule has 3 fully saturated rings. The lowest BCUT2D eigenvalue weighted by atomic mass is 9.69. The van der Waals surface area contributed by atoms with E-state index in [0.29, 0.717) is 17.6 Å². The SMILES string of the molecule is CC12CCC(C1)C(C)(C)C2NS(=O)(=O)CC1CCNCC1. The fourth-order valence-corrected chi connectivity index (χ4v) is 7.18. The van der Waals surface area contributed by atoms with E-state index in [4.69, 9.17) is 0 Å². The van der Waals surface area contributed by atoms with Crippen LogP contribution in [0.25, 0.3) is 0 Å². The average Bonchev–Trinajstić information content (AvgIpc) is 2.87. The van der Waals surface area contributed by atoms with Crippen molar-refractivity contribution in [2.45, 2.75) is 58.9 Å². The van der Waals surface area contributed by atoms with Crippen LogP contribution in [0.3, 0.4) is 0 Å². The van der Waals surface area contributed by atoms with Gasteiger partial charge in [-0.3, -0.25) is 0 Å². The van der Waals surface area contributed by atoms with Crippen molar-refractivity contribution in [3.63, 3.8) is 0 Å². The van der Waals surface area contributed by atoms with Crippen molar-refractivity contribution in [2.75, 3.05) is 18.8 Å². The summed E-state index contributed by atoms with van der Waals surface area (Å²) in [6.07, 6.45) is 5.57. The third-order valence-electron chi connectivity index (χ3n) is 6.48. The Bertz CT molecular complexity index is 492. The van der Waals surface area contributed by atoms with E-state index in [9.17, 15) is 8.42 Å². The Morgan fingerprint density at radius 3 is 2.38 bits per heavy atom. The van der Waals surface area contributed by atoms with E-state index in [1.54, 1.807) is 0 Å². The first-order valence-corrected chi connectivity index (χ1v) is 10.1. The Kier molecular flexibility index (Phi) is 3.90. The normalized spacial score (nSPS) is 39.8. The molecular formula is C16H30N2O2S. The quantitative estimate of drug-likeness (QED) is 0.835. The molecule has 21 heavy (non-hydrogen) atoms. The van der Waals surface area contributed by atoms with Gasteiger partial charge in [-0.05, 0) is 67.9 Å². The van der Waals surface area contributed by atoms with Crippen molar-refractivity contribution in [2.24, 2.45) is 22.7 Å². The Labute approximate surface area is 129 Å². The van der Waals surface area contributed by atoms with Crippen molar-refractivity contribution in [3.05, 3.63) is 0 Å². The van der Waals surface area contributed by atoms with E-state index in [2.05, 4.69) is 30.8 Å². The van der Waals surface area contributed by atoms with Crippen molar-refractivity contribution in [3.8, 4) is 0 Å². The number of hydrogen-bond donors (Lipinski definition) is 2.